The molecule has 1 heterocycles. The summed E-state index contributed by atoms with van der Waals surface area (Å²) in [4.78, 5) is 0. The molecule has 20 heavy (non-hydrogen) atoms. The normalized spacial score (nSPS) is 23.6. The van der Waals surface area contributed by atoms with Gasteiger partial charge in [0, 0.05) is 12.8 Å². The second-order valence-corrected chi connectivity index (χ2v) is 5.77. The molecule has 0 N–H and O–H groups in total. The lowest BCUT2D eigenvalue weighted by Gasteiger charge is -2.40. The maximum atomic E-state index is 13.8. The second-order valence-electron chi connectivity index (χ2n) is 5.77. The van der Waals surface area contributed by atoms with Crippen LogP contribution in [0.2, 0.25) is 0 Å². The van der Waals surface area contributed by atoms with Gasteiger partial charge in [0.1, 0.15) is 5.82 Å². The number of halogens is 1. The Labute approximate surface area is 118 Å². The molecule has 2 fully saturated rings. The van der Waals surface area contributed by atoms with Crippen molar-refractivity contribution in [2.24, 2.45) is 0 Å². The first kappa shape index (κ1) is 13.5. The molecule has 3 rings (SSSR count). The van der Waals surface area contributed by atoms with Crippen LogP contribution in [0.3, 0.4) is 0 Å². The molecule has 0 unspecified atom stereocenters. The van der Waals surface area contributed by atoms with Crippen LogP contribution in [-0.2, 0) is 14.9 Å². The van der Waals surface area contributed by atoms with Crippen molar-refractivity contribution < 1.29 is 13.9 Å². The number of ether oxygens (including phenoxy) is 2. The van der Waals surface area contributed by atoms with E-state index in [0.29, 0.717) is 44.5 Å². The molecule has 1 aromatic rings. The van der Waals surface area contributed by atoms with Crippen LogP contribution >= 0.6 is 0 Å². The van der Waals surface area contributed by atoms with Gasteiger partial charge in [-0.25, -0.2) is 4.39 Å². The van der Waals surface area contributed by atoms with Crippen LogP contribution in [0.25, 0.3) is 0 Å². The van der Waals surface area contributed by atoms with Crippen LogP contribution in [0.5, 0.6) is 0 Å². The Kier molecular flexibility index (Phi) is 3.27. The standard InChI is InChI=1S/C16H18FNO2/c1-12-2-3-13(10-14(12)17)15(11-18)4-6-16(7-5-15)19-8-9-20-16/h2-3,10H,4-9H2,1H3. The molecule has 1 aliphatic heterocycles. The number of hydrogen-bond acceptors (Lipinski definition) is 3. The summed E-state index contributed by atoms with van der Waals surface area (Å²) in [6.45, 7) is 2.98. The van der Waals surface area contributed by atoms with E-state index >= 15 is 0 Å². The summed E-state index contributed by atoms with van der Waals surface area (Å²) in [5.74, 6) is -0.741. The minimum absolute atomic E-state index is 0.245. The molecule has 0 aromatic heterocycles. The quantitative estimate of drug-likeness (QED) is 0.790. The van der Waals surface area contributed by atoms with Crippen molar-refractivity contribution in [3.05, 3.63) is 35.1 Å². The van der Waals surface area contributed by atoms with E-state index in [0.717, 1.165) is 5.56 Å². The summed E-state index contributed by atoms with van der Waals surface area (Å²) in [6, 6.07) is 7.53. The van der Waals surface area contributed by atoms with Gasteiger partial charge in [0.2, 0.25) is 0 Å². The van der Waals surface area contributed by atoms with Gasteiger partial charge in [-0.15, -0.1) is 0 Å². The number of rotatable bonds is 1. The molecule has 0 radical (unpaired) electrons. The first-order valence-electron chi connectivity index (χ1n) is 7.05. The average Bonchev–Trinajstić information content (AvgIpc) is 2.92. The first-order chi connectivity index (χ1) is 9.59. The zero-order chi connectivity index (χ0) is 14.2. The Morgan fingerprint density at radius 1 is 1.15 bits per heavy atom. The van der Waals surface area contributed by atoms with E-state index < -0.39 is 11.2 Å². The molecule has 0 atom stereocenters. The summed E-state index contributed by atoms with van der Waals surface area (Å²) in [6.07, 6.45) is 2.67. The molecule has 4 heteroatoms. The highest BCUT2D eigenvalue weighted by molar-refractivity contribution is 5.36. The summed E-state index contributed by atoms with van der Waals surface area (Å²) >= 11 is 0. The summed E-state index contributed by atoms with van der Waals surface area (Å²) in [7, 11) is 0. The van der Waals surface area contributed by atoms with Crippen LogP contribution < -0.4 is 0 Å². The number of aryl methyl sites for hydroxylation is 1. The van der Waals surface area contributed by atoms with Crippen molar-refractivity contribution >= 4 is 0 Å². The smallest absolute Gasteiger partial charge is 0.168 e. The third-order valence-electron chi connectivity index (χ3n) is 4.62. The Morgan fingerprint density at radius 3 is 2.35 bits per heavy atom. The lowest BCUT2D eigenvalue weighted by Crippen LogP contribution is -2.41. The van der Waals surface area contributed by atoms with Crippen molar-refractivity contribution in [2.45, 2.75) is 43.8 Å². The topological polar surface area (TPSA) is 42.2 Å². The van der Waals surface area contributed by atoms with Crippen LogP contribution in [0.4, 0.5) is 4.39 Å². The van der Waals surface area contributed by atoms with E-state index in [1.54, 1.807) is 13.0 Å². The van der Waals surface area contributed by atoms with Crippen molar-refractivity contribution in [2.75, 3.05) is 13.2 Å². The van der Waals surface area contributed by atoms with Gasteiger partial charge in [0.15, 0.2) is 5.79 Å². The van der Waals surface area contributed by atoms with E-state index in [9.17, 15) is 9.65 Å². The summed E-state index contributed by atoms with van der Waals surface area (Å²) in [5, 5.41) is 9.63. The minimum Gasteiger partial charge on any atom is -0.348 e. The fraction of sp³-hybridized carbons (Fsp3) is 0.562. The largest absolute Gasteiger partial charge is 0.348 e. The first-order valence-corrected chi connectivity index (χ1v) is 7.05. The SMILES string of the molecule is Cc1ccc(C2(C#N)CCC3(CC2)OCCO3)cc1F. The fourth-order valence-corrected chi connectivity index (χ4v) is 3.20. The van der Waals surface area contributed by atoms with Crippen molar-refractivity contribution in [1.29, 1.82) is 5.26 Å². The molecule has 106 valence electrons. The van der Waals surface area contributed by atoms with E-state index in [2.05, 4.69) is 6.07 Å². The highest BCUT2D eigenvalue weighted by atomic mass is 19.1. The van der Waals surface area contributed by atoms with Crippen LogP contribution in [-0.4, -0.2) is 19.0 Å². The Balaban J connectivity index is 1.86. The van der Waals surface area contributed by atoms with Gasteiger partial charge in [-0.2, -0.15) is 5.26 Å². The molecule has 3 nitrogen and oxygen atoms in total. The second kappa shape index (κ2) is 4.83. The van der Waals surface area contributed by atoms with Crippen molar-refractivity contribution in [3.8, 4) is 6.07 Å². The van der Waals surface area contributed by atoms with Gasteiger partial charge in [-0.1, -0.05) is 12.1 Å². The van der Waals surface area contributed by atoms with E-state index in [4.69, 9.17) is 9.47 Å². The molecule has 2 aliphatic rings. The summed E-state index contributed by atoms with van der Waals surface area (Å²) in [5.41, 5.74) is 0.766. The Bertz CT molecular complexity index is 548. The molecule has 1 aliphatic carbocycles. The number of benzene rings is 1. The van der Waals surface area contributed by atoms with Gasteiger partial charge in [-0.3, -0.25) is 0 Å². The van der Waals surface area contributed by atoms with E-state index in [1.165, 1.54) is 6.07 Å². The van der Waals surface area contributed by atoms with Crippen molar-refractivity contribution in [1.82, 2.24) is 0 Å². The molecule has 0 bridgehead atoms. The maximum Gasteiger partial charge on any atom is 0.168 e. The number of nitriles is 1. The molecular weight excluding hydrogens is 257 g/mol. The van der Waals surface area contributed by atoms with Gasteiger partial charge >= 0.3 is 0 Å². The van der Waals surface area contributed by atoms with Crippen LogP contribution in [0, 0.1) is 24.1 Å². The predicted octanol–water partition coefficient (Wildman–Crippen LogP) is 3.21. The highest BCUT2D eigenvalue weighted by Crippen LogP contribution is 2.46. The minimum atomic E-state index is -0.616. The molecule has 1 saturated carbocycles. The van der Waals surface area contributed by atoms with Crippen molar-refractivity contribution in [3.63, 3.8) is 0 Å². The van der Waals surface area contributed by atoms with Gasteiger partial charge < -0.3 is 9.47 Å². The van der Waals surface area contributed by atoms with E-state index in [1.807, 2.05) is 6.07 Å². The third kappa shape index (κ3) is 2.11. The monoisotopic (exact) mass is 275 g/mol. The maximum absolute atomic E-state index is 13.8. The van der Waals surface area contributed by atoms with E-state index in [-0.39, 0.29) is 5.82 Å². The molecular formula is C16H18FNO2. The van der Waals surface area contributed by atoms with Crippen LogP contribution in [0.1, 0.15) is 36.8 Å². The lowest BCUT2D eigenvalue weighted by molar-refractivity contribution is -0.182. The fourth-order valence-electron chi connectivity index (χ4n) is 3.20. The summed E-state index contributed by atoms with van der Waals surface area (Å²) < 4.78 is 25.2. The third-order valence-corrected chi connectivity index (χ3v) is 4.62. The van der Waals surface area contributed by atoms with Gasteiger partial charge in [0.05, 0.1) is 24.7 Å². The predicted molar refractivity (Wildman–Crippen MR) is 71.5 cm³/mol. The number of hydrogen-bond donors (Lipinski definition) is 0. The molecule has 1 spiro atoms. The average molecular weight is 275 g/mol. The zero-order valence-electron chi connectivity index (χ0n) is 11.6. The molecule has 1 aromatic carbocycles. The molecule has 1 saturated heterocycles. The van der Waals surface area contributed by atoms with Gasteiger partial charge in [-0.05, 0) is 37.0 Å². The molecule has 0 amide bonds. The van der Waals surface area contributed by atoms with Crippen LogP contribution in [0.15, 0.2) is 18.2 Å². The lowest BCUT2D eigenvalue weighted by atomic mass is 9.68. The zero-order valence-corrected chi connectivity index (χ0v) is 11.6. The van der Waals surface area contributed by atoms with Gasteiger partial charge in [0.25, 0.3) is 0 Å². The highest BCUT2D eigenvalue weighted by Gasteiger charge is 2.47. The Hall–Kier alpha value is -1.44. The number of nitrogens with zero attached hydrogens (tertiary/aromatic N) is 1. The Morgan fingerprint density at radius 2 is 1.80 bits per heavy atom.